The van der Waals surface area contributed by atoms with Crippen LogP contribution >= 0.6 is 0 Å². The molecule has 1 amide bonds. The highest BCUT2D eigenvalue weighted by atomic mass is 19.1. The normalized spacial score (nSPS) is 17.7. The minimum Gasteiger partial charge on any atom is -0.337 e. The summed E-state index contributed by atoms with van der Waals surface area (Å²) in [4.78, 5) is 14.0. The van der Waals surface area contributed by atoms with Crippen LogP contribution in [0.15, 0.2) is 30.5 Å². The van der Waals surface area contributed by atoms with Gasteiger partial charge >= 0.3 is 0 Å². The van der Waals surface area contributed by atoms with E-state index in [4.69, 9.17) is 0 Å². The second-order valence-electron chi connectivity index (χ2n) is 6.26. The van der Waals surface area contributed by atoms with E-state index in [2.05, 4.69) is 24.3 Å². The minimum absolute atomic E-state index is 0.109. The maximum absolute atomic E-state index is 13.3. The van der Waals surface area contributed by atoms with Crippen molar-refractivity contribution in [1.82, 2.24) is 20.0 Å². The van der Waals surface area contributed by atoms with E-state index in [9.17, 15) is 9.18 Å². The Balaban J connectivity index is 1.55. The molecule has 128 valence electrons. The third-order valence-electron chi connectivity index (χ3n) is 4.56. The molecule has 1 aromatic carbocycles. The molecule has 2 heterocycles. The lowest BCUT2D eigenvalue weighted by atomic mass is 10.2. The molecule has 0 unspecified atom stereocenters. The van der Waals surface area contributed by atoms with Crippen molar-refractivity contribution in [2.24, 2.45) is 0 Å². The molecule has 1 aliphatic rings. The number of rotatable bonds is 6. The van der Waals surface area contributed by atoms with E-state index in [1.54, 1.807) is 11.0 Å². The molecule has 1 aliphatic heterocycles. The summed E-state index contributed by atoms with van der Waals surface area (Å²) in [5, 5.41) is 7.78. The van der Waals surface area contributed by atoms with Crippen molar-refractivity contribution in [2.45, 2.75) is 45.9 Å². The first-order valence-corrected chi connectivity index (χ1v) is 8.33. The van der Waals surface area contributed by atoms with Gasteiger partial charge in [-0.25, -0.2) is 4.39 Å². The van der Waals surface area contributed by atoms with E-state index in [0.717, 1.165) is 23.4 Å². The van der Waals surface area contributed by atoms with Gasteiger partial charge in [0, 0.05) is 49.9 Å². The first-order valence-electron chi connectivity index (χ1n) is 8.33. The molecule has 0 radical (unpaired) electrons. The summed E-state index contributed by atoms with van der Waals surface area (Å²) in [6, 6.07) is 6.54. The monoisotopic (exact) mass is 330 g/mol. The number of halogens is 1. The SMILES string of the molecule is CCn1ncc(CN[C@H]2CC(=O)N(Cc3cccc(F)c3)C2)c1C. The predicted molar refractivity (Wildman–Crippen MR) is 89.7 cm³/mol. The summed E-state index contributed by atoms with van der Waals surface area (Å²) in [6.45, 7) is 6.80. The van der Waals surface area contributed by atoms with Gasteiger partial charge in [0.05, 0.1) is 6.20 Å². The van der Waals surface area contributed by atoms with E-state index in [0.29, 0.717) is 26.1 Å². The first-order chi connectivity index (χ1) is 11.6. The number of likely N-dealkylation sites (tertiary alicyclic amines) is 1. The van der Waals surface area contributed by atoms with Gasteiger partial charge in [-0.3, -0.25) is 9.48 Å². The van der Waals surface area contributed by atoms with Crippen LogP contribution in [0.3, 0.4) is 0 Å². The molecule has 1 aromatic heterocycles. The number of aromatic nitrogens is 2. The third kappa shape index (κ3) is 3.64. The number of benzene rings is 1. The molecule has 5 nitrogen and oxygen atoms in total. The standard InChI is InChI=1S/C18H23FN4O/c1-3-23-13(2)15(10-21-23)9-20-17-8-18(24)22(12-17)11-14-5-4-6-16(19)7-14/h4-7,10,17,20H,3,8-9,11-12H2,1-2H3/t17-/m0/s1. The van der Waals surface area contributed by atoms with Gasteiger partial charge in [-0.15, -0.1) is 0 Å². The number of hydrogen-bond acceptors (Lipinski definition) is 3. The highest BCUT2D eigenvalue weighted by molar-refractivity contribution is 5.79. The molecule has 1 saturated heterocycles. The van der Waals surface area contributed by atoms with Crippen LogP contribution in [0.1, 0.15) is 30.2 Å². The van der Waals surface area contributed by atoms with Crippen molar-refractivity contribution in [3.05, 3.63) is 53.1 Å². The van der Waals surface area contributed by atoms with Crippen molar-refractivity contribution in [3.63, 3.8) is 0 Å². The van der Waals surface area contributed by atoms with Gasteiger partial charge in [0.15, 0.2) is 0 Å². The van der Waals surface area contributed by atoms with Crippen LogP contribution in [0.5, 0.6) is 0 Å². The van der Waals surface area contributed by atoms with Crippen molar-refractivity contribution in [1.29, 1.82) is 0 Å². The van der Waals surface area contributed by atoms with Crippen molar-refractivity contribution >= 4 is 5.91 Å². The Kier molecular flexibility index (Phi) is 4.94. The second kappa shape index (κ2) is 7.13. The highest BCUT2D eigenvalue weighted by Gasteiger charge is 2.29. The molecule has 2 aromatic rings. The average molecular weight is 330 g/mol. The van der Waals surface area contributed by atoms with Crippen LogP contribution < -0.4 is 5.32 Å². The Labute approximate surface area is 141 Å². The molecule has 1 atom stereocenters. The zero-order valence-corrected chi connectivity index (χ0v) is 14.1. The summed E-state index contributed by atoms with van der Waals surface area (Å²) >= 11 is 0. The fraction of sp³-hybridized carbons (Fsp3) is 0.444. The molecule has 1 N–H and O–H groups in total. The van der Waals surface area contributed by atoms with Gasteiger partial charge in [-0.2, -0.15) is 5.10 Å². The maximum atomic E-state index is 13.3. The highest BCUT2D eigenvalue weighted by Crippen LogP contribution is 2.17. The number of amides is 1. The van der Waals surface area contributed by atoms with Crippen LogP contribution in [0, 0.1) is 12.7 Å². The molecule has 3 rings (SSSR count). The molecular formula is C18H23FN4O. The Morgan fingerprint density at radius 1 is 1.42 bits per heavy atom. The van der Waals surface area contributed by atoms with Crippen LogP contribution in [0.2, 0.25) is 0 Å². The van der Waals surface area contributed by atoms with Crippen LogP contribution in [-0.2, 0) is 24.4 Å². The molecule has 0 bridgehead atoms. The van der Waals surface area contributed by atoms with Gasteiger partial charge in [0.25, 0.3) is 0 Å². The van der Waals surface area contributed by atoms with Crippen LogP contribution in [0.4, 0.5) is 4.39 Å². The molecular weight excluding hydrogens is 307 g/mol. The third-order valence-corrected chi connectivity index (χ3v) is 4.56. The van der Waals surface area contributed by atoms with Gasteiger partial charge in [0.1, 0.15) is 5.82 Å². The molecule has 0 saturated carbocycles. The Bertz CT molecular complexity index is 728. The summed E-state index contributed by atoms with van der Waals surface area (Å²) in [7, 11) is 0. The van der Waals surface area contributed by atoms with Crippen LogP contribution in [0.25, 0.3) is 0 Å². The number of carbonyl (C=O) groups excluding carboxylic acids is 1. The lowest BCUT2D eigenvalue weighted by Gasteiger charge is -2.17. The Morgan fingerprint density at radius 2 is 2.25 bits per heavy atom. The molecule has 0 spiro atoms. The Morgan fingerprint density at radius 3 is 2.96 bits per heavy atom. The number of nitrogens with zero attached hydrogens (tertiary/aromatic N) is 3. The lowest BCUT2D eigenvalue weighted by Crippen LogP contribution is -2.32. The van der Waals surface area contributed by atoms with Gasteiger partial charge in [-0.1, -0.05) is 12.1 Å². The van der Waals surface area contributed by atoms with E-state index >= 15 is 0 Å². The average Bonchev–Trinajstić information content (AvgIpc) is 3.08. The van der Waals surface area contributed by atoms with E-state index in [-0.39, 0.29) is 17.8 Å². The largest absolute Gasteiger partial charge is 0.337 e. The molecule has 24 heavy (non-hydrogen) atoms. The topological polar surface area (TPSA) is 50.2 Å². The Hall–Kier alpha value is -2.21. The number of aryl methyl sites for hydroxylation is 1. The fourth-order valence-corrected chi connectivity index (χ4v) is 3.15. The second-order valence-corrected chi connectivity index (χ2v) is 6.26. The molecule has 0 aliphatic carbocycles. The number of carbonyl (C=O) groups is 1. The van der Waals surface area contributed by atoms with E-state index in [1.807, 2.05) is 16.9 Å². The number of nitrogens with one attached hydrogen (secondary N) is 1. The molecule has 1 fully saturated rings. The number of hydrogen-bond donors (Lipinski definition) is 1. The van der Waals surface area contributed by atoms with Gasteiger partial charge < -0.3 is 10.2 Å². The van der Waals surface area contributed by atoms with Crippen molar-refractivity contribution < 1.29 is 9.18 Å². The van der Waals surface area contributed by atoms with Crippen molar-refractivity contribution in [3.8, 4) is 0 Å². The van der Waals surface area contributed by atoms with Crippen LogP contribution in [-0.4, -0.2) is 33.2 Å². The smallest absolute Gasteiger partial charge is 0.224 e. The summed E-state index contributed by atoms with van der Waals surface area (Å²) < 4.78 is 15.2. The van der Waals surface area contributed by atoms with E-state index in [1.165, 1.54) is 12.1 Å². The lowest BCUT2D eigenvalue weighted by molar-refractivity contribution is -0.128. The zero-order valence-electron chi connectivity index (χ0n) is 14.1. The maximum Gasteiger partial charge on any atom is 0.224 e. The molecule has 6 heteroatoms. The van der Waals surface area contributed by atoms with Gasteiger partial charge in [0.2, 0.25) is 5.91 Å². The summed E-state index contributed by atoms with van der Waals surface area (Å²) in [5.41, 5.74) is 3.14. The first kappa shape index (κ1) is 16.6. The fourth-order valence-electron chi connectivity index (χ4n) is 3.15. The van der Waals surface area contributed by atoms with E-state index < -0.39 is 0 Å². The van der Waals surface area contributed by atoms with Gasteiger partial charge in [-0.05, 0) is 31.5 Å². The summed E-state index contributed by atoms with van der Waals surface area (Å²) in [6.07, 6.45) is 2.36. The van der Waals surface area contributed by atoms with Crippen molar-refractivity contribution in [2.75, 3.05) is 6.54 Å². The predicted octanol–water partition coefficient (Wildman–Crippen LogP) is 2.24. The minimum atomic E-state index is -0.266. The summed E-state index contributed by atoms with van der Waals surface area (Å²) in [5.74, 6) is -0.157. The quantitative estimate of drug-likeness (QED) is 0.884. The zero-order chi connectivity index (χ0) is 17.1.